The van der Waals surface area contributed by atoms with Gasteiger partial charge in [0.05, 0.1) is 11.1 Å². The molecule has 0 heterocycles. The van der Waals surface area contributed by atoms with Crippen LogP contribution < -0.4 is 10.6 Å². The van der Waals surface area contributed by atoms with E-state index in [0.29, 0.717) is 12.8 Å². The Labute approximate surface area is 115 Å². The maximum absolute atomic E-state index is 11.8. The summed E-state index contributed by atoms with van der Waals surface area (Å²) in [6, 6.07) is 7.11. The lowest BCUT2D eigenvalue weighted by Gasteiger charge is -2.13. The number of amides is 2. The van der Waals surface area contributed by atoms with E-state index >= 15 is 0 Å². The lowest BCUT2D eigenvalue weighted by molar-refractivity contribution is -0.143. The number of anilines is 1. The fourth-order valence-corrected chi connectivity index (χ4v) is 2.33. The van der Waals surface area contributed by atoms with E-state index < -0.39 is 11.4 Å². The summed E-state index contributed by atoms with van der Waals surface area (Å²) in [7, 11) is 0. The topological polar surface area (TPSA) is 78.4 Å². The minimum atomic E-state index is -0.836. The smallest absolute Gasteiger partial charge is 0.319 e. The quantitative estimate of drug-likeness (QED) is 0.724. The summed E-state index contributed by atoms with van der Waals surface area (Å²) in [6.07, 6.45) is 3.19. The third-order valence-corrected chi connectivity index (χ3v) is 4.05. The number of benzene rings is 1. The van der Waals surface area contributed by atoms with Crippen molar-refractivity contribution < 1.29 is 14.7 Å². The van der Waals surface area contributed by atoms with E-state index in [1.165, 1.54) is 0 Å². The number of hydrogen-bond donors (Lipinski definition) is 3. The second-order valence-corrected chi connectivity index (χ2v) is 5.44. The first-order valence-corrected chi connectivity index (χ1v) is 7.21. The number of aliphatic carboxylic acids is 1. The molecule has 1 aromatic rings. The minimum absolute atomic E-state index is 0.176. The van der Waals surface area contributed by atoms with Gasteiger partial charge in [0, 0.05) is 11.4 Å². The highest BCUT2D eigenvalue weighted by Crippen LogP contribution is 2.45. The Hall–Kier alpha value is -1.69. The van der Waals surface area contributed by atoms with Gasteiger partial charge in [-0.2, -0.15) is 0 Å². The van der Waals surface area contributed by atoms with Crippen LogP contribution in [0.4, 0.5) is 10.5 Å². The van der Waals surface area contributed by atoms with Crippen LogP contribution in [0.2, 0.25) is 0 Å². The summed E-state index contributed by atoms with van der Waals surface area (Å²) in [6.45, 7) is 0.176. The van der Waals surface area contributed by atoms with E-state index in [2.05, 4.69) is 10.6 Å². The molecule has 6 heteroatoms. The summed E-state index contributed by atoms with van der Waals surface area (Å²) in [5, 5.41) is 14.4. The summed E-state index contributed by atoms with van der Waals surface area (Å²) in [4.78, 5) is 23.7. The molecule has 0 aromatic heterocycles. The molecule has 0 unspecified atom stereocenters. The van der Waals surface area contributed by atoms with Crippen molar-refractivity contribution in [3.8, 4) is 0 Å². The Morgan fingerprint density at radius 3 is 2.63 bits per heavy atom. The maximum Gasteiger partial charge on any atom is 0.319 e. The van der Waals surface area contributed by atoms with E-state index in [0.717, 1.165) is 10.6 Å². The van der Waals surface area contributed by atoms with Crippen LogP contribution in [-0.4, -0.2) is 29.9 Å². The summed E-state index contributed by atoms with van der Waals surface area (Å²) < 4.78 is 0. The minimum Gasteiger partial charge on any atom is -0.481 e. The van der Waals surface area contributed by atoms with Crippen molar-refractivity contribution in [1.82, 2.24) is 5.32 Å². The van der Waals surface area contributed by atoms with Gasteiger partial charge < -0.3 is 15.7 Å². The van der Waals surface area contributed by atoms with Crippen LogP contribution in [0.5, 0.6) is 0 Å². The molecule has 0 saturated heterocycles. The van der Waals surface area contributed by atoms with Crippen molar-refractivity contribution >= 4 is 29.4 Å². The van der Waals surface area contributed by atoms with E-state index in [1.54, 1.807) is 11.8 Å². The van der Waals surface area contributed by atoms with Crippen LogP contribution in [0, 0.1) is 5.41 Å². The molecular weight excluding hydrogens is 264 g/mol. The predicted molar refractivity (Wildman–Crippen MR) is 74.5 cm³/mol. The Kier molecular flexibility index (Phi) is 3.99. The summed E-state index contributed by atoms with van der Waals surface area (Å²) in [5.41, 5.74) is -0.0104. The van der Waals surface area contributed by atoms with Gasteiger partial charge in [-0.3, -0.25) is 4.79 Å². The average molecular weight is 280 g/mol. The first-order valence-electron chi connectivity index (χ1n) is 5.99. The van der Waals surface area contributed by atoms with Crippen LogP contribution in [0.3, 0.4) is 0 Å². The molecule has 102 valence electrons. The molecule has 3 N–H and O–H groups in total. The van der Waals surface area contributed by atoms with Crippen LogP contribution in [0.25, 0.3) is 0 Å². The number of hydrogen-bond acceptors (Lipinski definition) is 3. The van der Waals surface area contributed by atoms with Crippen LogP contribution >= 0.6 is 11.8 Å². The molecule has 0 spiro atoms. The van der Waals surface area contributed by atoms with Gasteiger partial charge in [0.15, 0.2) is 0 Å². The molecular formula is C13H16N2O3S. The number of para-hydroxylation sites is 1. The van der Waals surface area contributed by atoms with Crippen LogP contribution in [0.1, 0.15) is 12.8 Å². The zero-order chi connectivity index (χ0) is 13.9. The zero-order valence-electron chi connectivity index (χ0n) is 10.6. The first kappa shape index (κ1) is 13.7. The van der Waals surface area contributed by atoms with Crippen molar-refractivity contribution in [1.29, 1.82) is 0 Å². The largest absolute Gasteiger partial charge is 0.481 e. The van der Waals surface area contributed by atoms with Crippen LogP contribution in [-0.2, 0) is 4.79 Å². The standard InChI is InChI=1S/C13H16N2O3S/c1-19-10-5-3-2-4-9(10)15-12(18)14-8-13(6-7-13)11(16)17/h2-5H,6-8H2,1H3,(H,16,17)(H2,14,15,18). The van der Waals surface area contributed by atoms with E-state index in [-0.39, 0.29) is 12.6 Å². The number of carbonyl (C=O) groups excluding carboxylic acids is 1. The second-order valence-electron chi connectivity index (χ2n) is 4.59. The predicted octanol–water partition coefficient (Wildman–Crippen LogP) is 2.39. The Morgan fingerprint density at radius 1 is 1.37 bits per heavy atom. The number of urea groups is 1. The third-order valence-electron chi connectivity index (χ3n) is 3.25. The van der Waals surface area contributed by atoms with E-state index in [9.17, 15) is 9.59 Å². The van der Waals surface area contributed by atoms with Crippen molar-refractivity contribution in [2.45, 2.75) is 17.7 Å². The SMILES string of the molecule is CSc1ccccc1NC(=O)NCC1(C(=O)O)CC1. The molecule has 0 bridgehead atoms. The average Bonchev–Trinajstić information content (AvgIpc) is 3.18. The van der Waals surface area contributed by atoms with Gasteiger partial charge in [0.1, 0.15) is 0 Å². The van der Waals surface area contributed by atoms with Crippen molar-refractivity contribution in [3.05, 3.63) is 24.3 Å². The molecule has 1 aliphatic carbocycles. The van der Waals surface area contributed by atoms with Gasteiger partial charge in [-0.15, -0.1) is 11.8 Å². The Bertz CT molecular complexity index is 500. The lowest BCUT2D eigenvalue weighted by atomic mass is 10.1. The zero-order valence-corrected chi connectivity index (χ0v) is 11.4. The molecule has 1 aliphatic rings. The number of carbonyl (C=O) groups is 2. The van der Waals surface area contributed by atoms with E-state index in [4.69, 9.17) is 5.11 Å². The van der Waals surface area contributed by atoms with E-state index in [1.807, 2.05) is 30.5 Å². The fraction of sp³-hybridized carbons (Fsp3) is 0.385. The molecule has 2 amide bonds. The third kappa shape index (κ3) is 3.20. The van der Waals surface area contributed by atoms with Crippen LogP contribution in [0.15, 0.2) is 29.2 Å². The molecule has 1 saturated carbocycles. The number of carboxylic acid groups (broad SMARTS) is 1. The summed E-state index contributed by atoms with van der Waals surface area (Å²) >= 11 is 1.54. The fourth-order valence-electron chi connectivity index (χ4n) is 1.78. The highest BCUT2D eigenvalue weighted by Gasteiger charge is 2.50. The monoisotopic (exact) mass is 280 g/mol. The lowest BCUT2D eigenvalue weighted by Crippen LogP contribution is -2.36. The molecule has 0 radical (unpaired) electrons. The molecule has 0 atom stereocenters. The number of thioether (sulfide) groups is 1. The number of carboxylic acids is 1. The van der Waals surface area contributed by atoms with Gasteiger partial charge in [-0.1, -0.05) is 12.1 Å². The number of rotatable bonds is 5. The molecule has 19 heavy (non-hydrogen) atoms. The Morgan fingerprint density at radius 2 is 2.05 bits per heavy atom. The second kappa shape index (κ2) is 5.52. The summed E-state index contributed by atoms with van der Waals surface area (Å²) in [5.74, 6) is -0.836. The van der Waals surface area contributed by atoms with Gasteiger partial charge in [-0.05, 0) is 31.2 Å². The van der Waals surface area contributed by atoms with Gasteiger partial charge in [-0.25, -0.2) is 4.79 Å². The normalized spacial score (nSPS) is 15.6. The molecule has 1 aromatic carbocycles. The van der Waals surface area contributed by atoms with Gasteiger partial charge in [0.25, 0.3) is 0 Å². The molecule has 5 nitrogen and oxygen atoms in total. The Balaban J connectivity index is 1.89. The van der Waals surface area contributed by atoms with Gasteiger partial charge >= 0.3 is 12.0 Å². The molecule has 0 aliphatic heterocycles. The highest BCUT2D eigenvalue weighted by molar-refractivity contribution is 7.98. The maximum atomic E-state index is 11.8. The van der Waals surface area contributed by atoms with Crippen molar-refractivity contribution in [2.75, 3.05) is 18.1 Å². The molecule has 2 rings (SSSR count). The molecule has 1 fully saturated rings. The number of nitrogens with one attached hydrogen (secondary N) is 2. The first-order chi connectivity index (χ1) is 9.07. The van der Waals surface area contributed by atoms with Gasteiger partial charge in [0.2, 0.25) is 0 Å². The highest BCUT2D eigenvalue weighted by atomic mass is 32.2. The van der Waals surface area contributed by atoms with Crippen molar-refractivity contribution in [3.63, 3.8) is 0 Å². The van der Waals surface area contributed by atoms with Crippen molar-refractivity contribution in [2.24, 2.45) is 5.41 Å².